The Balaban J connectivity index is 1.64. The number of cyclic esters (lactones) is 1. The molecule has 0 unspecified atom stereocenters. The van der Waals surface area contributed by atoms with E-state index in [4.69, 9.17) is 9.47 Å². The van der Waals surface area contributed by atoms with Crippen molar-refractivity contribution in [3.05, 3.63) is 41.5 Å². The van der Waals surface area contributed by atoms with Crippen molar-refractivity contribution in [1.82, 2.24) is 5.32 Å². The molecule has 1 saturated heterocycles. The van der Waals surface area contributed by atoms with E-state index in [-0.39, 0.29) is 29.3 Å². The molecule has 1 saturated carbocycles. The Hall–Kier alpha value is -2.44. The van der Waals surface area contributed by atoms with Crippen molar-refractivity contribution >= 4 is 16.9 Å². The molecule has 32 heavy (non-hydrogen) atoms. The number of carbonyl (C=O) groups excluding carboxylic acids is 1. The summed E-state index contributed by atoms with van der Waals surface area (Å²) in [6, 6.07) is 7.84. The summed E-state index contributed by atoms with van der Waals surface area (Å²) in [4.78, 5) is 11.5. The summed E-state index contributed by atoms with van der Waals surface area (Å²) in [5.74, 6) is 0.446. The standard InChI is InChI=1S/C25H30F3NO3/c1-23(2,3)16-6-9-18(10-7-16)32-20-12-5-15-13-17(24(4)14-31-22(30)29-24)8-11-19(15)21(20)25(26,27)28/h5,8,11-13,16,18H,6-7,9-10,14H2,1-4H3,(H,29,30)/t16-,18+,24-/m1/s1. The zero-order valence-corrected chi connectivity index (χ0v) is 18.9. The fourth-order valence-electron chi connectivity index (χ4n) is 4.93. The fourth-order valence-corrected chi connectivity index (χ4v) is 4.93. The molecular weight excluding hydrogens is 419 g/mol. The highest BCUT2D eigenvalue weighted by atomic mass is 19.4. The number of halogens is 3. The lowest BCUT2D eigenvalue weighted by molar-refractivity contribution is -0.138. The second kappa shape index (κ2) is 7.85. The monoisotopic (exact) mass is 449 g/mol. The van der Waals surface area contributed by atoms with Crippen LogP contribution in [0.1, 0.15) is 64.5 Å². The first-order chi connectivity index (χ1) is 14.9. The average Bonchev–Trinajstić information content (AvgIpc) is 3.06. The lowest BCUT2D eigenvalue weighted by Gasteiger charge is -2.37. The molecule has 1 atom stereocenters. The fraction of sp³-hybridized carbons (Fsp3) is 0.560. The molecule has 0 aromatic heterocycles. The van der Waals surface area contributed by atoms with E-state index >= 15 is 0 Å². The molecule has 0 bridgehead atoms. The van der Waals surface area contributed by atoms with Gasteiger partial charge in [-0.05, 0) is 72.4 Å². The molecule has 2 fully saturated rings. The third kappa shape index (κ3) is 4.39. The summed E-state index contributed by atoms with van der Waals surface area (Å²) in [6.45, 7) is 8.54. The van der Waals surface area contributed by atoms with Crippen molar-refractivity contribution in [3.8, 4) is 5.75 Å². The lowest BCUT2D eigenvalue weighted by Crippen LogP contribution is -2.37. The van der Waals surface area contributed by atoms with Gasteiger partial charge in [-0.2, -0.15) is 13.2 Å². The van der Waals surface area contributed by atoms with Crippen molar-refractivity contribution in [2.75, 3.05) is 6.61 Å². The van der Waals surface area contributed by atoms with Crippen molar-refractivity contribution < 1.29 is 27.4 Å². The van der Waals surface area contributed by atoms with Crippen molar-refractivity contribution in [3.63, 3.8) is 0 Å². The van der Waals surface area contributed by atoms with E-state index in [1.165, 1.54) is 12.1 Å². The van der Waals surface area contributed by atoms with Crippen LogP contribution in [0.25, 0.3) is 10.8 Å². The predicted molar refractivity (Wildman–Crippen MR) is 117 cm³/mol. The van der Waals surface area contributed by atoms with E-state index in [0.717, 1.165) is 25.7 Å². The van der Waals surface area contributed by atoms with Crippen LogP contribution in [-0.4, -0.2) is 18.8 Å². The Morgan fingerprint density at radius 2 is 1.75 bits per heavy atom. The maximum atomic E-state index is 14.1. The highest BCUT2D eigenvalue weighted by molar-refractivity contribution is 5.89. The van der Waals surface area contributed by atoms with Crippen LogP contribution in [0, 0.1) is 11.3 Å². The number of rotatable bonds is 3. The topological polar surface area (TPSA) is 47.6 Å². The number of ether oxygens (including phenoxy) is 2. The average molecular weight is 450 g/mol. The van der Waals surface area contributed by atoms with Crippen LogP contribution < -0.4 is 10.1 Å². The van der Waals surface area contributed by atoms with E-state index in [1.54, 1.807) is 25.1 Å². The van der Waals surface area contributed by atoms with E-state index in [9.17, 15) is 18.0 Å². The molecule has 0 radical (unpaired) electrons. The number of nitrogens with one attached hydrogen (secondary N) is 1. The maximum absolute atomic E-state index is 14.1. The van der Waals surface area contributed by atoms with Gasteiger partial charge < -0.3 is 14.8 Å². The third-order valence-electron chi connectivity index (χ3n) is 6.96. The number of fused-ring (bicyclic) bond motifs is 1. The summed E-state index contributed by atoms with van der Waals surface area (Å²) in [5.41, 5.74) is -0.622. The van der Waals surface area contributed by atoms with E-state index in [0.29, 0.717) is 16.9 Å². The van der Waals surface area contributed by atoms with Gasteiger partial charge in [0.1, 0.15) is 17.9 Å². The van der Waals surface area contributed by atoms with Crippen molar-refractivity contribution in [2.24, 2.45) is 11.3 Å². The molecule has 1 heterocycles. The minimum atomic E-state index is -4.55. The predicted octanol–water partition coefficient (Wildman–Crippen LogP) is 6.80. The molecule has 4 rings (SSSR count). The van der Waals surface area contributed by atoms with Crippen LogP contribution in [0.2, 0.25) is 0 Å². The number of hydrogen-bond acceptors (Lipinski definition) is 3. The minimum Gasteiger partial charge on any atom is -0.490 e. The van der Waals surface area contributed by atoms with Gasteiger partial charge in [0.05, 0.1) is 11.6 Å². The molecule has 174 valence electrons. The van der Waals surface area contributed by atoms with Gasteiger partial charge in [0, 0.05) is 0 Å². The molecule has 1 amide bonds. The number of alkyl carbamates (subject to hydrolysis) is 1. The number of hydrogen-bond donors (Lipinski definition) is 1. The summed E-state index contributed by atoms with van der Waals surface area (Å²) in [7, 11) is 0. The summed E-state index contributed by atoms with van der Waals surface area (Å²) in [5, 5.41) is 3.27. The third-order valence-corrected chi connectivity index (χ3v) is 6.96. The van der Waals surface area contributed by atoms with Gasteiger partial charge in [-0.25, -0.2) is 4.79 Å². The van der Waals surface area contributed by atoms with Crippen LogP contribution in [0.15, 0.2) is 30.3 Å². The Morgan fingerprint density at radius 3 is 2.31 bits per heavy atom. The van der Waals surface area contributed by atoms with Crippen LogP contribution in [0.4, 0.5) is 18.0 Å². The molecule has 2 aromatic carbocycles. The molecule has 4 nitrogen and oxygen atoms in total. The van der Waals surface area contributed by atoms with Crippen LogP contribution in [-0.2, 0) is 16.5 Å². The molecule has 1 N–H and O–H groups in total. The largest absolute Gasteiger partial charge is 0.490 e. The second-order valence-electron chi connectivity index (χ2n) is 10.4. The highest BCUT2D eigenvalue weighted by Crippen LogP contribution is 2.44. The van der Waals surface area contributed by atoms with Gasteiger partial charge in [0.25, 0.3) is 0 Å². The first kappa shape index (κ1) is 22.7. The second-order valence-corrected chi connectivity index (χ2v) is 10.4. The van der Waals surface area contributed by atoms with Gasteiger partial charge in [-0.1, -0.05) is 39.0 Å². The van der Waals surface area contributed by atoms with Gasteiger partial charge in [-0.15, -0.1) is 0 Å². The van der Waals surface area contributed by atoms with Crippen molar-refractivity contribution in [2.45, 2.75) is 71.2 Å². The molecule has 1 aliphatic heterocycles. The Morgan fingerprint density at radius 1 is 1.06 bits per heavy atom. The van der Waals surface area contributed by atoms with Crippen molar-refractivity contribution in [1.29, 1.82) is 0 Å². The summed E-state index contributed by atoms with van der Waals surface area (Å²) in [6.07, 6.45) is -1.86. The first-order valence-corrected chi connectivity index (χ1v) is 11.1. The Kier molecular flexibility index (Phi) is 5.58. The maximum Gasteiger partial charge on any atom is 0.420 e. The van der Waals surface area contributed by atoms with Crippen LogP contribution >= 0.6 is 0 Å². The summed E-state index contributed by atoms with van der Waals surface area (Å²) >= 11 is 0. The zero-order valence-electron chi connectivity index (χ0n) is 18.9. The molecular formula is C25H30F3NO3. The number of alkyl halides is 3. The van der Waals surface area contributed by atoms with Gasteiger partial charge in [0.2, 0.25) is 0 Å². The molecule has 2 aromatic rings. The highest BCUT2D eigenvalue weighted by Gasteiger charge is 2.40. The Bertz CT molecular complexity index is 1020. The molecule has 7 heteroatoms. The van der Waals surface area contributed by atoms with E-state index < -0.39 is 23.4 Å². The SMILES string of the molecule is CC(C)(C)[C@H]1CC[C@@H](Oc2ccc3cc([C@@]4(C)COC(=O)N4)ccc3c2C(F)(F)F)CC1. The number of benzene rings is 2. The van der Waals surface area contributed by atoms with E-state index in [1.807, 2.05) is 0 Å². The smallest absolute Gasteiger partial charge is 0.420 e. The van der Waals surface area contributed by atoms with Crippen LogP contribution in [0.5, 0.6) is 5.75 Å². The normalized spacial score (nSPS) is 26.7. The van der Waals surface area contributed by atoms with Crippen LogP contribution in [0.3, 0.4) is 0 Å². The van der Waals surface area contributed by atoms with Gasteiger partial charge in [0.15, 0.2) is 0 Å². The number of amides is 1. The zero-order chi connectivity index (χ0) is 23.3. The quantitative estimate of drug-likeness (QED) is 0.561. The first-order valence-electron chi connectivity index (χ1n) is 11.1. The van der Waals surface area contributed by atoms with Gasteiger partial charge in [-0.3, -0.25) is 0 Å². The molecule has 1 aliphatic carbocycles. The number of carbonyl (C=O) groups is 1. The van der Waals surface area contributed by atoms with Gasteiger partial charge >= 0.3 is 12.3 Å². The molecule has 2 aliphatic rings. The van der Waals surface area contributed by atoms with E-state index in [2.05, 4.69) is 26.1 Å². The lowest BCUT2D eigenvalue weighted by atomic mass is 9.72. The summed E-state index contributed by atoms with van der Waals surface area (Å²) < 4.78 is 53.3. The Labute approximate surface area is 186 Å². The molecule has 0 spiro atoms. The minimum absolute atomic E-state index is 0.0935.